The van der Waals surface area contributed by atoms with Gasteiger partial charge in [0.2, 0.25) is 5.91 Å². The van der Waals surface area contributed by atoms with Gasteiger partial charge >= 0.3 is 5.97 Å². The van der Waals surface area contributed by atoms with Crippen molar-refractivity contribution in [2.24, 2.45) is 0 Å². The van der Waals surface area contributed by atoms with Gasteiger partial charge in [0.1, 0.15) is 11.5 Å². The van der Waals surface area contributed by atoms with Gasteiger partial charge < -0.3 is 19.3 Å². The van der Waals surface area contributed by atoms with Crippen LogP contribution in [0.25, 0.3) is 0 Å². The summed E-state index contributed by atoms with van der Waals surface area (Å²) in [6, 6.07) is 14.1. The highest BCUT2D eigenvalue weighted by atomic mass is 16.5. The molecule has 0 spiro atoms. The molecule has 0 saturated carbocycles. The van der Waals surface area contributed by atoms with Crippen LogP contribution in [0, 0.1) is 0 Å². The van der Waals surface area contributed by atoms with E-state index in [9.17, 15) is 14.4 Å². The Morgan fingerprint density at radius 3 is 2.43 bits per heavy atom. The van der Waals surface area contributed by atoms with Gasteiger partial charge in [-0.15, -0.1) is 0 Å². The fraction of sp³-hybridized carbons (Fsp3) is 0.348. The quantitative estimate of drug-likeness (QED) is 0.559. The molecule has 7 heteroatoms. The summed E-state index contributed by atoms with van der Waals surface area (Å²) in [5.74, 6) is 0.495. The van der Waals surface area contributed by atoms with Crippen molar-refractivity contribution in [3.8, 4) is 11.5 Å². The Morgan fingerprint density at radius 1 is 0.933 bits per heavy atom. The average molecular weight is 410 g/mol. The zero-order valence-corrected chi connectivity index (χ0v) is 17.3. The van der Waals surface area contributed by atoms with Crippen LogP contribution in [0.15, 0.2) is 48.5 Å². The molecule has 2 aromatic carbocycles. The smallest absolute Gasteiger partial charge is 0.308 e. The summed E-state index contributed by atoms with van der Waals surface area (Å²) >= 11 is 0. The van der Waals surface area contributed by atoms with E-state index in [0.717, 1.165) is 5.56 Å². The lowest BCUT2D eigenvalue weighted by atomic mass is 10.1. The molecule has 0 radical (unpaired) electrons. The summed E-state index contributed by atoms with van der Waals surface area (Å²) in [6.07, 6.45) is 0.968. The summed E-state index contributed by atoms with van der Waals surface area (Å²) in [7, 11) is 1.59. The van der Waals surface area contributed by atoms with Gasteiger partial charge in [-0.05, 0) is 30.7 Å². The van der Waals surface area contributed by atoms with Crippen molar-refractivity contribution in [3.05, 3.63) is 59.7 Å². The van der Waals surface area contributed by atoms with Crippen molar-refractivity contribution in [1.82, 2.24) is 9.80 Å². The SMILES string of the molecule is COc1ccccc1CC(=O)N1CCCN(C(=O)c2cccc(OC(C)=O)c2)CC1. The molecule has 1 fully saturated rings. The highest BCUT2D eigenvalue weighted by Gasteiger charge is 2.23. The molecule has 1 saturated heterocycles. The van der Waals surface area contributed by atoms with Gasteiger partial charge in [-0.2, -0.15) is 0 Å². The third-order valence-electron chi connectivity index (χ3n) is 5.01. The Kier molecular flexibility index (Phi) is 7.06. The minimum atomic E-state index is -0.432. The van der Waals surface area contributed by atoms with Crippen molar-refractivity contribution < 1.29 is 23.9 Å². The lowest BCUT2D eigenvalue weighted by Gasteiger charge is -2.23. The molecule has 0 bridgehead atoms. The molecule has 0 aliphatic carbocycles. The van der Waals surface area contributed by atoms with Crippen LogP contribution >= 0.6 is 0 Å². The van der Waals surface area contributed by atoms with Crippen LogP contribution in [-0.2, 0) is 16.0 Å². The van der Waals surface area contributed by atoms with Crippen molar-refractivity contribution in [3.63, 3.8) is 0 Å². The van der Waals surface area contributed by atoms with Gasteiger partial charge in [0.05, 0.1) is 13.5 Å². The number of hydrogen-bond acceptors (Lipinski definition) is 5. The third kappa shape index (κ3) is 5.37. The van der Waals surface area contributed by atoms with Gasteiger partial charge in [0, 0.05) is 44.2 Å². The van der Waals surface area contributed by atoms with Gasteiger partial charge in [-0.3, -0.25) is 14.4 Å². The molecule has 1 aliphatic rings. The van der Waals surface area contributed by atoms with Gasteiger partial charge in [0.15, 0.2) is 0 Å². The summed E-state index contributed by atoms with van der Waals surface area (Å²) in [5.41, 5.74) is 1.31. The number of rotatable bonds is 5. The van der Waals surface area contributed by atoms with E-state index in [1.165, 1.54) is 6.92 Å². The predicted molar refractivity (Wildman–Crippen MR) is 112 cm³/mol. The second-order valence-corrected chi connectivity index (χ2v) is 7.14. The van der Waals surface area contributed by atoms with Crippen molar-refractivity contribution in [2.45, 2.75) is 19.8 Å². The minimum Gasteiger partial charge on any atom is -0.496 e. The first-order valence-electron chi connectivity index (χ1n) is 9.95. The zero-order chi connectivity index (χ0) is 21.5. The Morgan fingerprint density at radius 2 is 1.67 bits per heavy atom. The van der Waals surface area contributed by atoms with E-state index in [0.29, 0.717) is 49.7 Å². The lowest BCUT2D eigenvalue weighted by Crippen LogP contribution is -2.38. The predicted octanol–water partition coefficient (Wildman–Crippen LogP) is 2.54. The Hall–Kier alpha value is -3.35. The van der Waals surface area contributed by atoms with Crippen molar-refractivity contribution in [2.75, 3.05) is 33.3 Å². The first-order chi connectivity index (χ1) is 14.5. The summed E-state index contributed by atoms with van der Waals surface area (Å²) in [5, 5.41) is 0. The highest BCUT2D eigenvalue weighted by molar-refractivity contribution is 5.94. The normalized spacial score (nSPS) is 14.1. The van der Waals surface area contributed by atoms with Gasteiger partial charge in [-0.25, -0.2) is 0 Å². The van der Waals surface area contributed by atoms with Crippen molar-refractivity contribution in [1.29, 1.82) is 0 Å². The number of carbonyl (C=O) groups is 3. The standard InChI is InChI=1S/C23H26N2O5/c1-17(26)30-20-9-5-8-19(15-20)23(28)25-12-6-11-24(13-14-25)22(27)16-18-7-3-4-10-21(18)29-2/h3-5,7-10,15H,6,11-14,16H2,1-2H3. The first-order valence-corrected chi connectivity index (χ1v) is 9.95. The molecule has 0 aromatic heterocycles. The maximum atomic E-state index is 12.9. The fourth-order valence-corrected chi connectivity index (χ4v) is 3.53. The van der Waals surface area contributed by atoms with E-state index in [4.69, 9.17) is 9.47 Å². The number of hydrogen-bond donors (Lipinski definition) is 0. The number of ether oxygens (including phenoxy) is 2. The van der Waals surface area contributed by atoms with Crippen LogP contribution in [0.2, 0.25) is 0 Å². The molecule has 7 nitrogen and oxygen atoms in total. The number of nitrogens with zero attached hydrogens (tertiary/aromatic N) is 2. The number of methoxy groups -OCH3 is 1. The largest absolute Gasteiger partial charge is 0.496 e. The number of para-hydroxylation sites is 1. The van der Waals surface area contributed by atoms with E-state index >= 15 is 0 Å². The van der Waals surface area contributed by atoms with Crippen molar-refractivity contribution >= 4 is 17.8 Å². The maximum absolute atomic E-state index is 12.9. The summed E-state index contributed by atoms with van der Waals surface area (Å²) in [4.78, 5) is 40.4. The third-order valence-corrected chi connectivity index (χ3v) is 5.01. The van der Waals surface area contributed by atoms with Gasteiger partial charge in [-0.1, -0.05) is 24.3 Å². The topological polar surface area (TPSA) is 76.2 Å². The average Bonchev–Trinajstić information content (AvgIpc) is 3.00. The zero-order valence-electron chi connectivity index (χ0n) is 17.3. The monoisotopic (exact) mass is 410 g/mol. The fourth-order valence-electron chi connectivity index (χ4n) is 3.53. The van der Waals surface area contributed by atoms with E-state index in [1.54, 1.807) is 41.2 Å². The molecule has 1 heterocycles. The molecule has 3 rings (SSSR count). The van der Waals surface area contributed by atoms with Crippen LogP contribution in [0.3, 0.4) is 0 Å². The number of amides is 2. The second kappa shape index (κ2) is 9.91. The molecule has 158 valence electrons. The Balaban J connectivity index is 1.62. The number of carbonyl (C=O) groups excluding carboxylic acids is 3. The molecule has 30 heavy (non-hydrogen) atoms. The lowest BCUT2D eigenvalue weighted by molar-refractivity contribution is -0.132. The Labute approximate surface area is 176 Å². The molecular formula is C23H26N2O5. The second-order valence-electron chi connectivity index (χ2n) is 7.14. The number of benzene rings is 2. The highest BCUT2D eigenvalue weighted by Crippen LogP contribution is 2.20. The maximum Gasteiger partial charge on any atom is 0.308 e. The minimum absolute atomic E-state index is 0.0191. The number of esters is 1. The van der Waals surface area contributed by atoms with E-state index in [2.05, 4.69) is 0 Å². The van der Waals surface area contributed by atoms with Gasteiger partial charge in [0.25, 0.3) is 5.91 Å². The molecular weight excluding hydrogens is 384 g/mol. The molecule has 1 aliphatic heterocycles. The molecule has 0 unspecified atom stereocenters. The molecule has 0 atom stereocenters. The van der Waals surface area contributed by atoms with E-state index in [1.807, 2.05) is 24.3 Å². The van der Waals surface area contributed by atoms with Crippen LogP contribution in [-0.4, -0.2) is 60.9 Å². The first kappa shape index (κ1) is 21.4. The Bertz CT molecular complexity index is 927. The summed E-state index contributed by atoms with van der Waals surface area (Å²) in [6.45, 7) is 3.41. The van der Waals surface area contributed by atoms with Crippen LogP contribution in [0.1, 0.15) is 29.3 Å². The van der Waals surface area contributed by atoms with E-state index < -0.39 is 5.97 Å². The van der Waals surface area contributed by atoms with Crippen LogP contribution in [0.5, 0.6) is 11.5 Å². The van der Waals surface area contributed by atoms with Crippen LogP contribution in [0.4, 0.5) is 0 Å². The molecule has 2 amide bonds. The molecule has 2 aromatic rings. The molecule has 0 N–H and O–H groups in total. The van der Waals surface area contributed by atoms with Crippen LogP contribution < -0.4 is 9.47 Å². The summed E-state index contributed by atoms with van der Waals surface area (Å²) < 4.78 is 10.4. The van der Waals surface area contributed by atoms with E-state index in [-0.39, 0.29) is 18.2 Å².